The van der Waals surface area contributed by atoms with Crippen molar-refractivity contribution in [3.63, 3.8) is 0 Å². The predicted octanol–water partition coefficient (Wildman–Crippen LogP) is 4.42. The highest BCUT2D eigenvalue weighted by atomic mass is 35.5. The number of nitrogens with zero attached hydrogens (tertiary/aromatic N) is 3. The van der Waals surface area contributed by atoms with Gasteiger partial charge >= 0.3 is 5.97 Å². The van der Waals surface area contributed by atoms with Gasteiger partial charge in [0.05, 0.1) is 34.9 Å². The van der Waals surface area contributed by atoms with Gasteiger partial charge in [0.15, 0.2) is 5.82 Å². The molecule has 190 valence electrons. The Morgan fingerprint density at radius 1 is 1.22 bits per heavy atom. The van der Waals surface area contributed by atoms with Gasteiger partial charge in [-0.25, -0.2) is 13.8 Å². The van der Waals surface area contributed by atoms with Crippen LogP contribution in [0.3, 0.4) is 0 Å². The topological polar surface area (TPSA) is 103 Å². The Hall–Kier alpha value is -3.08. The average Bonchev–Trinajstić information content (AvgIpc) is 3.23. The third-order valence-electron chi connectivity index (χ3n) is 7.30. The van der Waals surface area contributed by atoms with Crippen LogP contribution in [0.2, 0.25) is 5.02 Å². The molecule has 0 radical (unpaired) electrons. The van der Waals surface area contributed by atoms with Crippen LogP contribution in [-0.4, -0.2) is 57.5 Å². The summed E-state index contributed by atoms with van der Waals surface area (Å²) >= 11 is 6.03. The van der Waals surface area contributed by atoms with Crippen molar-refractivity contribution < 1.29 is 23.4 Å². The number of ether oxygens (including phenoxy) is 1. The molecule has 3 aromatic rings. The van der Waals surface area contributed by atoms with E-state index in [1.807, 2.05) is 6.92 Å². The largest absolute Gasteiger partial charge is 0.481 e. The first-order valence-electron chi connectivity index (χ1n) is 11.7. The lowest BCUT2D eigenvalue weighted by molar-refractivity contribution is -0.171. The number of hydrogen-bond acceptors (Lipinski definition) is 6. The number of carboxylic acid groups (broad SMARTS) is 1. The van der Waals surface area contributed by atoms with Gasteiger partial charge in [-0.05, 0) is 38.0 Å². The molecular weight excluding hydrogens is 492 g/mol. The third-order valence-corrected chi connectivity index (χ3v) is 7.59. The minimum absolute atomic E-state index is 0.0377. The number of hydrogen-bond donors (Lipinski definition) is 3. The minimum atomic E-state index is -1.20. The smallest absolute Gasteiger partial charge is 0.310 e. The maximum Gasteiger partial charge on any atom is 0.310 e. The number of halogens is 3. The molecule has 0 saturated carbocycles. The zero-order valence-electron chi connectivity index (χ0n) is 19.7. The molecular formula is C25H26ClF2N5O3. The number of aryl methyl sites for hydroxylation is 1. The number of likely N-dealkylation sites (tertiary alicyclic amines) is 1. The number of nitrogens with one attached hydrogen (secondary N) is 2. The Labute approximate surface area is 211 Å². The molecule has 0 bridgehead atoms. The number of piperidine rings is 1. The summed E-state index contributed by atoms with van der Waals surface area (Å²) in [7, 11) is 0. The Morgan fingerprint density at radius 3 is 2.58 bits per heavy atom. The van der Waals surface area contributed by atoms with E-state index in [1.165, 1.54) is 18.2 Å². The molecule has 0 aliphatic carbocycles. The molecule has 3 N–H and O–H groups in total. The summed E-state index contributed by atoms with van der Waals surface area (Å²) in [6.45, 7) is 3.20. The molecule has 0 amide bonds. The number of carbonyl (C=O) groups is 1. The molecule has 11 heteroatoms. The lowest BCUT2D eigenvalue weighted by Gasteiger charge is -2.53. The molecule has 0 unspecified atom stereocenters. The fraction of sp³-hybridized carbons (Fsp3) is 0.400. The van der Waals surface area contributed by atoms with Crippen molar-refractivity contribution in [2.45, 2.75) is 31.7 Å². The Morgan fingerprint density at radius 2 is 1.97 bits per heavy atom. The molecule has 5 rings (SSSR count). The quantitative estimate of drug-likeness (QED) is 0.426. The number of aliphatic carboxylic acids is 1. The summed E-state index contributed by atoms with van der Waals surface area (Å²) in [5.41, 5.74) is -0.530. The number of carboxylic acids is 1. The van der Waals surface area contributed by atoms with Gasteiger partial charge in [-0.15, -0.1) is 0 Å². The van der Waals surface area contributed by atoms with Crippen LogP contribution >= 0.6 is 11.6 Å². The van der Waals surface area contributed by atoms with E-state index in [4.69, 9.17) is 16.3 Å². The van der Waals surface area contributed by atoms with Gasteiger partial charge < -0.3 is 15.2 Å². The number of rotatable bonds is 7. The summed E-state index contributed by atoms with van der Waals surface area (Å²) in [6, 6.07) is 9.43. The van der Waals surface area contributed by atoms with E-state index < -0.39 is 28.6 Å². The van der Waals surface area contributed by atoms with E-state index in [0.29, 0.717) is 43.5 Å². The van der Waals surface area contributed by atoms with E-state index in [-0.39, 0.29) is 30.0 Å². The highest BCUT2D eigenvalue weighted by Crippen LogP contribution is 2.44. The fourth-order valence-electron chi connectivity index (χ4n) is 5.11. The lowest BCUT2D eigenvalue weighted by atomic mass is 9.72. The fourth-order valence-corrected chi connectivity index (χ4v) is 5.28. The van der Waals surface area contributed by atoms with Crippen molar-refractivity contribution in [1.82, 2.24) is 20.1 Å². The summed E-state index contributed by atoms with van der Waals surface area (Å²) < 4.78 is 35.1. The standard InChI is InChI=1S/C25H26ClF2N5O3/c1-15-11-21(32-31-15)30-20-6-5-18(27)19(29-20)12-24(23(34)35)7-9-33(10-8-24)25(13-36-14-25)16-3-2-4-17(26)22(16)28/h2-6,11H,7-10,12-14H2,1H3,(H,34,35)(H2,29,30,31,32). The van der Waals surface area contributed by atoms with Crippen molar-refractivity contribution in [3.05, 3.63) is 70.0 Å². The van der Waals surface area contributed by atoms with Gasteiger partial charge in [0.2, 0.25) is 0 Å². The van der Waals surface area contributed by atoms with E-state index in [2.05, 4.69) is 25.4 Å². The zero-order valence-corrected chi connectivity index (χ0v) is 20.4. The van der Waals surface area contributed by atoms with Gasteiger partial charge in [-0.3, -0.25) is 14.8 Å². The number of aromatic amines is 1. The second-order valence-corrected chi connectivity index (χ2v) is 9.97. The van der Waals surface area contributed by atoms with Crippen LogP contribution in [0, 0.1) is 24.0 Å². The molecule has 2 aromatic heterocycles. The Kier molecular flexibility index (Phi) is 6.44. The molecule has 2 aliphatic heterocycles. The molecule has 0 spiro atoms. The molecule has 4 heterocycles. The number of benzene rings is 1. The maximum atomic E-state index is 14.9. The normalized spacial score (nSPS) is 19.0. The SMILES string of the molecule is Cc1cc(Nc2ccc(F)c(CC3(C(=O)O)CCN(C4(c5cccc(Cl)c5F)COC4)CC3)n2)n[nH]1. The molecule has 2 fully saturated rings. The number of aromatic nitrogens is 3. The zero-order chi connectivity index (χ0) is 25.5. The van der Waals surface area contributed by atoms with Crippen molar-refractivity contribution >= 4 is 29.2 Å². The van der Waals surface area contributed by atoms with Crippen molar-refractivity contribution in [3.8, 4) is 0 Å². The molecule has 8 nitrogen and oxygen atoms in total. The van der Waals surface area contributed by atoms with Gasteiger partial charge in [0, 0.05) is 36.8 Å². The minimum Gasteiger partial charge on any atom is -0.481 e. The van der Waals surface area contributed by atoms with Crippen molar-refractivity contribution in [1.29, 1.82) is 0 Å². The van der Waals surface area contributed by atoms with Gasteiger partial charge in [0.25, 0.3) is 0 Å². The number of H-pyrrole nitrogens is 1. The molecule has 2 aliphatic rings. The summed E-state index contributed by atoms with van der Waals surface area (Å²) in [6.07, 6.45) is 0.444. The third kappa shape index (κ3) is 4.33. The van der Waals surface area contributed by atoms with Crippen molar-refractivity contribution in [2.24, 2.45) is 5.41 Å². The first-order valence-corrected chi connectivity index (χ1v) is 12.1. The van der Waals surface area contributed by atoms with E-state index in [0.717, 1.165) is 5.69 Å². The van der Waals surface area contributed by atoms with E-state index >= 15 is 0 Å². The average molecular weight is 518 g/mol. The predicted molar refractivity (Wildman–Crippen MR) is 129 cm³/mol. The number of anilines is 2. The van der Waals surface area contributed by atoms with Crippen LogP contribution in [0.1, 0.15) is 29.8 Å². The first kappa shape index (κ1) is 24.6. The number of pyridine rings is 1. The van der Waals surface area contributed by atoms with Crippen LogP contribution in [-0.2, 0) is 21.5 Å². The summed E-state index contributed by atoms with van der Waals surface area (Å²) in [4.78, 5) is 18.9. The monoisotopic (exact) mass is 517 g/mol. The van der Waals surface area contributed by atoms with E-state index in [1.54, 1.807) is 18.2 Å². The Balaban J connectivity index is 1.36. The lowest BCUT2D eigenvalue weighted by Crippen LogP contribution is -2.63. The second kappa shape index (κ2) is 9.42. The first-order chi connectivity index (χ1) is 17.2. The van der Waals surface area contributed by atoms with Gasteiger partial charge in [0.1, 0.15) is 17.5 Å². The van der Waals surface area contributed by atoms with Crippen LogP contribution in [0.4, 0.5) is 20.4 Å². The molecule has 2 saturated heterocycles. The van der Waals surface area contributed by atoms with Crippen molar-refractivity contribution in [2.75, 3.05) is 31.6 Å². The Bertz CT molecular complexity index is 1290. The maximum absolute atomic E-state index is 14.9. The van der Waals surface area contributed by atoms with Gasteiger partial charge in [-0.1, -0.05) is 23.7 Å². The molecule has 0 atom stereocenters. The highest BCUT2D eigenvalue weighted by Gasteiger charge is 2.52. The van der Waals surface area contributed by atoms with Crippen LogP contribution < -0.4 is 5.32 Å². The van der Waals surface area contributed by atoms with Crippen LogP contribution in [0.25, 0.3) is 0 Å². The van der Waals surface area contributed by atoms with Crippen LogP contribution in [0.15, 0.2) is 36.4 Å². The molecule has 1 aromatic carbocycles. The highest BCUT2D eigenvalue weighted by molar-refractivity contribution is 6.30. The summed E-state index contributed by atoms with van der Waals surface area (Å²) in [5, 5.41) is 20.1. The molecule has 36 heavy (non-hydrogen) atoms. The summed E-state index contributed by atoms with van der Waals surface area (Å²) in [5.74, 6) is -1.15. The second-order valence-electron chi connectivity index (χ2n) is 9.56. The van der Waals surface area contributed by atoms with Gasteiger partial charge in [-0.2, -0.15) is 5.10 Å². The van der Waals surface area contributed by atoms with E-state index in [9.17, 15) is 18.7 Å². The van der Waals surface area contributed by atoms with Crippen LogP contribution in [0.5, 0.6) is 0 Å².